The van der Waals surface area contributed by atoms with Crippen molar-refractivity contribution in [2.45, 2.75) is 44.7 Å². The Morgan fingerprint density at radius 1 is 1.15 bits per heavy atom. The van der Waals surface area contributed by atoms with Gasteiger partial charge in [0, 0.05) is 25.0 Å². The van der Waals surface area contributed by atoms with Crippen molar-refractivity contribution >= 4 is 0 Å². The molecule has 3 rings (SSSR count). The van der Waals surface area contributed by atoms with Gasteiger partial charge in [0.1, 0.15) is 0 Å². The molecule has 0 fully saturated rings. The van der Waals surface area contributed by atoms with Crippen LogP contribution in [0, 0.1) is 0 Å². The summed E-state index contributed by atoms with van der Waals surface area (Å²) < 4.78 is 2.38. The van der Waals surface area contributed by atoms with Crippen molar-refractivity contribution in [1.29, 1.82) is 0 Å². The van der Waals surface area contributed by atoms with Crippen LogP contribution < -0.4 is 5.32 Å². The molecule has 1 unspecified atom stereocenters. The molecule has 1 aromatic carbocycles. The molecule has 0 radical (unpaired) electrons. The zero-order valence-corrected chi connectivity index (χ0v) is 12.3. The first-order valence-corrected chi connectivity index (χ1v) is 7.76. The molecule has 0 aliphatic heterocycles. The number of rotatable bonds is 4. The highest BCUT2D eigenvalue weighted by Crippen LogP contribution is 2.29. The number of fused-ring (bicyclic) bond motifs is 1. The van der Waals surface area contributed by atoms with Gasteiger partial charge in [-0.1, -0.05) is 36.8 Å². The molecule has 0 saturated carbocycles. The first-order valence-electron chi connectivity index (χ1n) is 7.76. The molecule has 1 aliphatic rings. The summed E-state index contributed by atoms with van der Waals surface area (Å²) in [5.74, 6) is 0. The van der Waals surface area contributed by atoms with Crippen LogP contribution >= 0.6 is 0 Å². The minimum Gasteiger partial charge on any atom is -0.353 e. The van der Waals surface area contributed by atoms with E-state index in [1.807, 2.05) is 0 Å². The average molecular weight is 268 g/mol. The van der Waals surface area contributed by atoms with E-state index >= 15 is 0 Å². The van der Waals surface area contributed by atoms with E-state index in [9.17, 15) is 0 Å². The molecule has 0 saturated heterocycles. The molecule has 2 nitrogen and oxygen atoms in total. The molecule has 1 heterocycles. The van der Waals surface area contributed by atoms with E-state index in [2.05, 4.69) is 59.7 Å². The van der Waals surface area contributed by atoms with E-state index in [0.29, 0.717) is 6.04 Å². The fourth-order valence-electron chi connectivity index (χ4n) is 3.25. The Balaban J connectivity index is 1.72. The van der Waals surface area contributed by atoms with Crippen LogP contribution in [0.4, 0.5) is 0 Å². The molecule has 0 amide bonds. The number of aryl methyl sites for hydroxylation is 3. The summed E-state index contributed by atoms with van der Waals surface area (Å²) in [5.41, 5.74) is 4.49. The Labute approximate surface area is 121 Å². The van der Waals surface area contributed by atoms with Crippen LogP contribution in [0.25, 0.3) is 0 Å². The predicted octanol–water partition coefficient (Wildman–Crippen LogP) is 3.72. The molecular formula is C18H24N2. The van der Waals surface area contributed by atoms with Crippen LogP contribution in [0.15, 0.2) is 42.7 Å². The summed E-state index contributed by atoms with van der Waals surface area (Å²) in [7, 11) is 2.08. The molecule has 0 spiro atoms. The van der Waals surface area contributed by atoms with Gasteiger partial charge >= 0.3 is 0 Å². The lowest BCUT2D eigenvalue weighted by Gasteiger charge is -2.13. The molecule has 20 heavy (non-hydrogen) atoms. The molecule has 1 aliphatic carbocycles. The third-order valence-electron chi connectivity index (χ3n) is 4.41. The smallest absolute Gasteiger partial charge is 0.0335 e. The first-order chi connectivity index (χ1) is 9.86. The Morgan fingerprint density at radius 2 is 2.00 bits per heavy atom. The maximum Gasteiger partial charge on any atom is 0.0335 e. The fourth-order valence-corrected chi connectivity index (χ4v) is 3.25. The molecule has 0 bridgehead atoms. The van der Waals surface area contributed by atoms with Crippen molar-refractivity contribution in [3.8, 4) is 0 Å². The molecule has 1 atom stereocenters. The van der Waals surface area contributed by atoms with Gasteiger partial charge in [-0.2, -0.15) is 0 Å². The molecule has 2 aromatic rings. The van der Waals surface area contributed by atoms with E-state index in [4.69, 9.17) is 0 Å². The van der Waals surface area contributed by atoms with Gasteiger partial charge in [0.2, 0.25) is 0 Å². The number of benzene rings is 1. The van der Waals surface area contributed by atoms with Gasteiger partial charge in [0.15, 0.2) is 0 Å². The summed E-state index contributed by atoms with van der Waals surface area (Å²) >= 11 is 0. The molecular weight excluding hydrogens is 244 g/mol. The third-order valence-corrected chi connectivity index (χ3v) is 4.41. The lowest BCUT2D eigenvalue weighted by Crippen LogP contribution is -2.15. The van der Waals surface area contributed by atoms with Gasteiger partial charge in [0.05, 0.1) is 0 Å². The van der Waals surface area contributed by atoms with Crippen molar-refractivity contribution in [2.24, 2.45) is 0 Å². The Morgan fingerprint density at radius 3 is 2.80 bits per heavy atom. The summed E-state index contributed by atoms with van der Waals surface area (Å²) in [6, 6.07) is 11.3. The number of aromatic nitrogens is 1. The molecule has 1 aromatic heterocycles. The normalized spacial score (nSPS) is 18.6. The van der Waals surface area contributed by atoms with Crippen LogP contribution in [-0.2, 0) is 19.4 Å². The minimum atomic E-state index is 0.547. The van der Waals surface area contributed by atoms with E-state index in [-0.39, 0.29) is 0 Å². The van der Waals surface area contributed by atoms with Crippen molar-refractivity contribution in [3.63, 3.8) is 0 Å². The lowest BCUT2D eigenvalue weighted by atomic mass is 10.1. The maximum absolute atomic E-state index is 3.47. The summed E-state index contributed by atoms with van der Waals surface area (Å²) in [4.78, 5) is 0. The summed E-state index contributed by atoms with van der Waals surface area (Å²) in [5, 5.41) is 3.47. The van der Waals surface area contributed by atoms with Gasteiger partial charge in [-0.25, -0.2) is 0 Å². The van der Waals surface area contributed by atoms with E-state index in [1.165, 1.54) is 36.8 Å². The quantitative estimate of drug-likeness (QED) is 0.836. The minimum absolute atomic E-state index is 0.547. The molecule has 2 heteroatoms. The summed E-state index contributed by atoms with van der Waals surface area (Å²) in [6.45, 7) is 1.08. The van der Waals surface area contributed by atoms with Crippen LogP contribution in [0.1, 0.15) is 42.0 Å². The van der Waals surface area contributed by atoms with Crippen LogP contribution in [0.3, 0.4) is 0 Å². The number of hydrogen-bond donors (Lipinski definition) is 1. The first kappa shape index (κ1) is 13.4. The highest BCUT2D eigenvalue weighted by Gasteiger charge is 2.18. The van der Waals surface area contributed by atoms with Crippen molar-refractivity contribution in [2.75, 3.05) is 7.05 Å². The Kier molecular flexibility index (Phi) is 4.22. The van der Waals surface area contributed by atoms with E-state index < -0.39 is 0 Å². The van der Waals surface area contributed by atoms with E-state index in [0.717, 1.165) is 13.0 Å². The fraction of sp³-hybridized carbons (Fsp3) is 0.444. The monoisotopic (exact) mass is 268 g/mol. The summed E-state index contributed by atoms with van der Waals surface area (Å²) in [6.07, 6.45) is 11.0. The predicted molar refractivity (Wildman–Crippen MR) is 83.9 cm³/mol. The highest BCUT2D eigenvalue weighted by molar-refractivity contribution is 5.29. The van der Waals surface area contributed by atoms with Gasteiger partial charge < -0.3 is 9.88 Å². The average Bonchev–Trinajstić information content (AvgIpc) is 2.80. The van der Waals surface area contributed by atoms with E-state index in [1.54, 1.807) is 5.56 Å². The van der Waals surface area contributed by atoms with Crippen LogP contribution in [0.5, 0.6) is 0 Å². The second kappa shape index (κ2) is 6.27. The van der Waals surface area contributed by atoms with Crippen molar-refractivity contribution in [3.05, 3.63) is 59.4 Å². The maximum atomic E-state index is 3.47. The van der Waals surface area contributed by atoms with Crippen molar-refractivity contribution in [1.82, 2.24) is 9.88 Å². The largest absolute Gasteiger partial charge is 0.353 e. The second-order valence-corrected chi connectivity index (χ2v) is 5.80. The standard InChI is InChI=1S/C18H24N2/c1-19-18-10-6-5-9-16-13-20(14-17(16)18)12-11-15-7-3-2-4-8-15/h2-4,7-8,13-14,18-19H,5-6,9-12H2,1H3. The van der Waals surface area contributed by atoms with Gasteiger partial charge in [-0.05, 0) is 49.4 Å². The molecule has 106 valence electrons. The van der Waals surface area contributed by atoms with Crippen molar-refractivity contribution < 1.29 is 0 Å². The molecule has 1 N–H and O–H groups in total. The number of nitrogens with zero attached hydrogens (tertiary/aromatic N) is 1. The van der Waals surface area contributed by atoms with Crippen LogP contribution in [-0.4, -0.2) is 11.6 Å². The number of nitrogens with one attached hydrogen (secondary N) is 1. The lowest BCUT2D eigenvalue weighted by molar-refractivity contribution is 0.530. The van der Waals surface area contributed by atoms with Crippen LogP contribution in [0.2, 0.25) is 0 Å². The second-order valence-electron chi connectivity index (χ2n) is 5.80. The van der Waals surface area contributed by atoms with Gasteiger partial charge in [-0.3, -0.25) is 0 Å². The van der Waals surface area contributed by atoms with Gasteiger partial charge in [-0.15, -0.1) is 0 Å². The third kappa shape index (κ3) is 2.96. The topological polar surface area (TPSA) is 17.0 Å². The Bertz CT molecular complexity index is 542. The zero-order chi connectivity index (χ0) is 13.8. The zero-order valence-electron chi connectivity index (χ0n) is 12.3. The van der Waals surface area contributed by atoms with Gasteiger partial charge in [0.25, 0.3) is 0 Å². The Hall–Kier alpha value is -1.54. The highest BCUT2D eigenvalue weighted by atomic mass is 15.0. The number of hydrogen-bond acceptors (Lipinski definition) is 1. The SMILES string of the molecule is CNC1CCCCc2cn(CCc3ccccc3)cc21.